The Morgan fingerprint density at radius 2 is 2.19 bits per heavy atom. The van der Waals surface area contributed by atoms with Crippen molar-refractivity contribution in [3.05, 3.63) is 12.7 Å². The molecule has 0 radical (unpaired) electrons. The summed E-state index contributed by atoms with van der Waals surface area (Å²) in [6, 6.07) is -0.443. The molecular formula is C13H26N2O. The van der Waals surface area contributed by atoms with E-state index in [-0.39, 0.29) is 5.91 Å². The van der Waals surface area contributed by atoms with Crippen LogP contribution in [0, 0.1) is 5.92 Å². The molecule has 0 fully saturated rings. The number of hydrogen-bond donors (Lipinski definition) is 2. The van der Waals surface area contributed by atoms with Gasteiger partial charge in [-0.15, -0.1) is 6.58 Å². The Hall–Kier alpha value is -0.830. The number of carbonyl (C=O) groups is 1. The fourth-order valence-electron chi connectivity index (χ4n) is 1.61. The van der Waals surface area contributed by atoms with Crippen LogP contribution in [0.2, 0.25) is 0 Å². The van der Waals surface area contributed by atoms with E-state index in [2.05, 4.69) is 25.7 Å². The van der Waals surface area contributed by atoms with Gasteiger partial charge >= 0.3 is 0 Å². The van der Waals surface area contributed by atoms with Gasteiger partial charge in [-0.05, 0) is 18.8 Å². The molecule has 3 nitrogen and oxygen atoms in total. The second-order valence-electron chi connectivity index (χ2n) is 4.29. The average Bonchev–Trinajstić information content (AvgIpc) is 2.29. The minimum absolute atomic E-state index is 0.0603. The fraction of sp³-hybridized carbons (Fsp3) is 0.769. The van der Waals surface area contributed by atoms with Crippen LogP contribution in [0.15, 0.2) is 12.7 Å². The SMILES string of the molecule is C=CCC(N)C(=O)NCC(CC)CCCC. The van der Waals surface area contributed by atoms with Crippen molar-refractivity contribution < 1.29 is 4.79 Å². The van der Waals surface area contributed by atoms with E-state index in [9.17, 15) is 4.79 Å². The first-order chi connectivity index (χ1) is 7.65. The topological polar surface area (TPSA) is 55.1 Å². The Kier molecular flexibility index (Phi) is 8.91. The maximum Gasteiger partial charge on any atom is 0.237 e. The van der Waals surface area contributed by atoms with Crippen LogP contribution < -0.4 is 11.1 Å². The zero-order valence-corrected chi connectivity index (χ0v) is 10.7. The lowest BCUT2D eigenvalue weighted by Gasteiger charge is -2.17. The van der Waals surface area contributed by atoms with Crippen molar-refractivity contribution in [1.82, 2.24) is 5.32 Å². The van der Waals surface area contributed by atoms with Gasteiger partial charge in [-0.2, -0.15) is 0 Å². The van der Waals surface area contributed by atoms with Gasteiger partial charge in [-0.3, -0.25) is 4.79 Å². The Balaban J connectivity index is 3.82. The van der Waals surface area contributed by atoms with Crippen molar-refractivity contribution in [2.24, 2.45) is 11.7 Å². The first-order valence-corrected chi connectivity index (χ1v) is 6.29. The molecule has 0 saturated carbocycles. The fourth-order valence-corrected chi connectivity index (χ4v) is 1.61. The summed E-state index contributed by atoms with van der Waals surface area (Å²) in [4.78, 5) is 11.5. The third kappa shape index (κ3) is 6.62. The second kappa shape index (κ2) is 9.40. The van der Waals surface area contributed by atoms with Gasteiger partial charge < -0.3 is 11.1 Å². The number of nitrogens with one attached hydrogen (secondary N) is 1. The molecule has 94 valence electrons. The highest BCUT2D eigenvalue weighted by molar-refractivity contribution is 5.81. The molecule has 2 atom stereocenters. The minimum Gasteiger partial charge on any atom is -0.354 e. The number of amides is 1. The molecule has 0 aromatic heterocycles. The van der Waals surface area contributed by atoms with Crippen molar-refractivity contribution in [2.45, 2.75) is 52.0 Å². The third-order valence-corrected chi connectivity index (χ3v) is 2.87. The van der Waals surface area contributed by atoms with Crippen molar-refractivity contribution in [1.29, 1.82) is 0 Å². The lowest BCUT2D eigenvalue weighted by Crippen LogP contribution is -2.42. The molecule has 0 aromatic carbocycles. The van der Waals surface area contributed by atoms with E-state index in [1.54, 1.807) is 6.08 Å². The molecule has 3 heteroatoms. The quantitative estimate of drug-likeness (QED) is 0.592. The maximum atomic E-state index is 11.5. The van der Waals surface area contributed by atoms with Gasteiger partial charge in [0.2, 0.25) is 5.91 Å². The van der Waals surface area contributed by atoms with Gasteiger partial charge in [0.25, 0.3) is 0 Å². The molecule has 16 heavy (non-hydrogen) atoms. The second-order valence-corrected chi connectivity index (χ2v) is 4.29. The van der Waals surface area contributed by atoms with Crippen LogP contribution in [-0.4, -0.2) is 18.5 Å². The number of nitrogens with two attached hydrogens (primary N) is 1. The Labute approximate surface area is 99.5 Å². The van der Waals surface area contributed by atoms with Crippen LogP contribution in [0.25, 0.3) is 0 Å². The van der Waals surface area contributed by atoms with E-state index in [1.807, 2.05) is 0 Å². The zero-order chi connectivity index (χ0) is 12.4. The average molecular weight is 226 g/mol. The Morgan fingerprint density at radius 1 is 1.50 bits per heavy atom. The summed E-state index contributed by atoms with van der Waals surface area (Å²) in [5, 5.41) is 2.92. The molecule has 0 bridgehead atoms. The van der Waals surface area contributed by atoms with Crippen LogP contribution >= 0.6 is 0 Å². The third-order valence-electron chi connectivity index (χ3n) is 2.87. The molecule has 0 aliphatic rings. The van der Waals surface area contributed by atoms with E-state index in [4.69, 9.17) is 5.73 Å². The van der Waals surface area contributed by atoms with E-state index < -0.39 is 6.04 Å². The number of carbonyl (C=O) groups excluding carboxylic acids is 1. The van der Waals surface area contributed by atoms with Crippen LogP contribution in [-0.2, 0) is 4.79 Å². The van der Waals surface area contributed by atoms with Gasteiger partial charge in [0.15, 0.2) is 0 Å². The smallest absolute Gasteiger partial charge is 0.237 e. The molecule has 0 spiro atoms. The lowest BCUT2D eigenvalue weighted by atomic mass is 9.99. The van der Waals surface area contributed by atoms with Crippen molar-refractivity contribution in [2.75, 3.05) is 6.54 Å². The van der Waals surface area contributed by atoms with Gasteiger partial charge in [-0.25, -0.2) is 0 Å². The number of rotatable bonds is 9. The molecule has 1 amide bonds. The maximum absolute atomic E-state index is 11.5. The molecule has 2 unspecified atom stereocenters. The zero-order valence-electron chi connectivity index (χ0n) is 10.7. The summed E-state index contributed by atoms with van der Waals surface area (Å²) in [5.41, 5.74) is 5.67. The largest absolute Gasteiger partial charge is 0.354 e. The summed E-state index contributed by atoms with van der Waals surface area (Å²) in [6.07, 6.45) is 6.95. The first-order valence-electron chi connectivity index (χ1n) is 6.29. The van der Waals surface area contributed by atoms with Crippen LogP contribution in [0.3, 0.4) is 0 Å². The molecule has 0 aliphatic carbocycles. The van der Waals surface area contributed by atoms with E-state index in [0.29, 0.717) is 12.3 Å². The molecular weight excluding hydrogens is 200 g/mol. The normalized spacial score (nSPS) is 14.2. The van der Waals surface area contributed by atoms with Gasteiger partial charge in [-0.1, -0.05) is 39.2 Å². The summed E-state index contributed by atoms with van der Waals surface area (Å²) in [5.74, 6) is 0.523. The van der Waals surface area contributed by atoms with Gasteiger partial charge in [0.05, 0.1) is 6.04 Å². The number of hydrogen-bond acceptors (Lipinski definition) is 2. The van der Waals surface area contributed by atoms with Gasteiger partial charge in [0, 0.05) is 6.54 Å². The summed E-state index contributed by atoms with van der Waals surface area (Å²) in [6.45, 7) is 8.67. The first kappa shape index (κ1) is 15.2. The molecule has 0 saturated heterocycles. The number of unbranched alkanes of at least 4 members (excludes halogenated alkanes) is 1. The summed E-state index contributed by atoms with van der Waals surface area (Å²) < 4.78 is 0. The standard InChI is InChI=1S/C13H26N2O/c1-4-7-9-11(6-3)10-15-13(16)12(14)8-5-2/h5,11-12H,2,4,6-10,14H2,1,3H3,(H,15,16). The van der Waals surface area contributed by atoms with Crippen LogP contribution in [0.5, 0.6) is 0 Å². The molecule has 0 aliphatic heterocycles. The van der Waals surface area contributed by atoms with Crippen molar-refractivity contribution in [3.63, 3.8) is 0 Å². The molecule has 0 rings (SSSR count). The molecule has 3 N–H and O–H groups in total. The van der Waals surface area contributed by atoms with Gasteiger partial charge in [0.1, 0.15) is 0 Å². The Bertz CT molecular complexity index is 204. The van der Waals surface area contributed by atoms with E-state index >= 15 is 0 Å². The highest BCUT2D eigenvalue weighted by Crippen LogP contribution is 2.11. The molecule has 0 heterocycles. The van der Waals surface area contributed by atoms with E-state index in [1.165, 1.54) is 19.3 Å². The monoisotopic (exact) mass is 226 g/mol. The van der Waals surface area contributed by atoms with Crippen molar-refractivity contribution >= 4 is 5.91 Å². The van der Waals surface area contributed by atoms with Crippen LogP contribution in [0.1, 0.15) is 46.0 Å². The molecule has 0 aromatic rings. The lowest BCUT2D eigenvalue weighted by molar-refractivity contribution is -0.122. The predicted molar refractivity (Wildman–Crippen MR) is 69.1 cm³/mol. The van der Waals surface area contributed by atoms with E-state index in [0.717, 1.165) is 13.0 Å². The van der Waals surface area contributed by atoms with Crippen LogP contribution in [0.4, 0.5) is 0 Å². The van der Waals surface area contributed by atoms with Crippen molar-refractivity contribution in [3.8, 4) is 0 Å². The Morgan fingerprint density at radius 3 is 2.69 bits per heavy atom. The highest BCUT2D eigenvalue weighted by Gasteiger charge is 2.13. The summed E-state index contributed by atoms with van der Waals surface area (Å²) >= 11 is 0. The minimum atomic E-state index is -0.443. The predicted octanol–water partition coefficient (Wildman–Crippen LogP) is 2.22. The summed E-state index contributed by atoms with van der Waals surface area (Å²) in [7, 11) is 0. The highest BCUT2D eigenvalue weighted by atomic mass is 16.2.